The number of sulfonamides is 1. The van der Waals surface area contributed by atoms with Crippen molar-refractivity contribution in [3.63, 3.8) is 0 Å². The molecule has 1 aliphatic rings. The molecule has 1 aromatic rings. The number of hydrogen-bond acceptors (Lipinski definition) is 4. The number of hydrogen-bond donors (Lipinski definition) is 2. The summed E-state index contributed by atoms with van der Waals surface area (Å²) in [6, 6.07) is 5.99. The largest absolute Gasteiger partial charge is 0.480 e. The Morgan fingerprint density at radius 3 is 2.52 bits per heavy atom. The first-order chi connectivity index (χ1) is 10.8. The highest BCUT2D eigenvalue weighted by Crippen LogP contribution is 2.25. The molecule has 23 heavy (non-hydrogen) atoms. The van der Waals surface area contributed by atoms with E-state index in [1.807, 2.05) is 0 Å². The van der Waals surface area contributed by atoms with Gasteiger partial charge in [-0.15, -0.1) is 0 Å². The maximum absolute atomic E-state index is 12.8. The smallest absolute Gasteiger partial charge is 0.325 e. The minimum atomic E-state index is -3.79. The van der Waals surface area contributed by atoms with Gasteiger partial charge in [0.1, 0.15) is 12.1 Å². The number of carboxylic acid groups (broad SMARTS) is 1. The fourth-order valence-electron chi connectivity index (χ4n) is 2.55. The van der Waals surface area contributed by atoms with Crippen molar-refractivity contribution in [2.45, 2.75) is 43.2 Å². The number of benzene rings is 1. The van der Waals surface area contributed by atoms with Crippen LogP contribution >= 0.6 is 0 Å². The molecule has 1 heterocycles. The number of nitrogens with zero attached hydrogens (tertiary/aromatic N) is 1. The van der Waals surface area contributed by atoms with E-state index in [-0.39, 0.29) is 11.4 Å². The summed E-state index contributed by atoms with van der Waals surface area (Å²) in [4.78, 5) is 23.3. The molecule has 0 bridgehead atoms. The summed E-state index contributed by atoms with van der Waals surface area (Å²) in [6.45, 7) is 1.59. The Labute approximate surface area is 135 Å². The molecule has 1 saturated heterocycles. The molecule has 0 saturated carbocycles. The maximum Gasteiger partial charge on any atom is 0.325 e. The highest BCUT2D eigenvalue weighted by Gasteiger charge is 2.38. The average Bonchev–Trinajstić information content (AvgIpc) is 2.55. The van der Waals surface area contributed by atoms with Crippen molar-refractivity contribution in [2.24, 2.45) is 0 Å². The van der Waals surface area contributed by atoms with Gasteiger partial charge in [-0.25, -0.2) is 8.42 Å². The third-order valence-corrected chi connectivity index (χ3v) is 5.76. The number of carboxylic acids is 1. The van der Waals surface area contributed by atoms with Crippen LogP contribution in [0.25, 0.3) is 0 Å². The Kier molecular flexibility index (Phi) is 5.38. The normalized spacial score (nSPS) is 20.7. The molecule has 0 aromatic heterocycles. The molecule has 2 atom stereocenters. The molecule has 126 valence electrons. The third-order valence-electron chi connectivity index (χ3n) is 3.84. The molecule has 1 aliphatic heterocycles. The maximum atomic E-state index is 12.8. The molecule has 7 nitrogen and oxygen atoms in total. The Bertz CT molecular complexity index is 674. The Balaban J connectivity index is 2.25. The lowest BCUT2D eigenvalue weighted by molar-refractivity contribution is -0.142. The number of carbonyl (C=O) groups is 2. The molecule has 0 spiro atoms. The van der Waals surface area contributed by atoms with Crippen LogP contribution in [0.1, 0.15) is 26.2 Å². The summed E-state index contributed by atoms with van der Waals surface area (Å²) in [5.41, 5.74) is 0. The van der Waals surface area contributed by atoms with E-state index < -0.39 is 34.0 Å². The van der Waals surface area contributed by atoms with E-state index in [0.29, 0.717) is 12.8 Å². The summed E-state index contributed by atoms with van der Waals surface area (Å²) in [6.07, 6.45) is 1.77. The van der Waals surface area contributed by atoms with Crippen LogP contribution in [0.5, 0.6) is 0 Å². The molecular formula is C15H20N2O5S. The van der Waals surface area contributed by atoms with Crippen molar-refractivity contribution in [1.29, 1.82) is 0 Å². The standard InChI is InChI=1S/C15H20N2O5S/c1-11(15(19)20)16-14(18)13-9-5-6-10-17(13)23(21,22)12-7-3-2-4-8-12/h2-4,7-8,11,13H,5-6,9-10H2,1H3,(H,16,18)(H,19,20)/t11-,13?/m0/s1. The van der Waals surface area contributed by atoms with Gasteiger partial charge in [0.15, 0.2) is 0 Å². The number of amides is 1. The minimum absolute atomic E-state index is 0.131. The second-order valence-corrected chi connectivity index (χ2v) is 7.40. The van der Waals surface area contributed by atoms with Gasteiger partial charge >= 0.3 is 5.97 Å². The van der Waals surface area contributed by atoms with Crippen molar-refractivity contribution < 1.29 is 23.1 Å². The number of aliphatic carboxylic acids is 1. The molecule has 0 radical (unpaired) electrons. The fourth-order valence-corrected chi connectivity index (χ4v) is 4.23. The first kappa shape index (κ1) is 17.4. The quantitative estimate of drug-likeness (QED) is 0.826. The van der Waals surface area contributed by atoms with E-state index in [2.05, 4.69) is 5.32 Å². The lowest BCUT2D eigenvalue weighted by atomic mass is 10.0. The van der Waals surface area contributed by atoms with Gasteiger partial charge in [0, 0.05) is 6.54 Å². The van der Waals surface area contributed by atoms with Crippen LogP contribution in [0.4, 0.5) is 0 Å². The molecule has 8 heteroatoms. The third kappa shape index (κ3) is 3.89. The van der Waals surface area contributed by atoms with E-state index in [1.54, 1.807) is 18.2 Å². The highest BCUT2D eigenvalue weighted by molar-refractivity contribution is 7.89. The molecule has 1 fully saturated rings. The average molecular weight is 340 g/mol. The zero-order chi connectivity index (χ0) is 17.0. The molecule has 0 aliphatic carbocycles. The van der Waals surface area contributed by atoms with Crippen molar-refractivity contribution in [3.05, 3.63) is 30.3 Å². The summed E-state index contributed by atoms with van der Waals surface area (Å²) in [7, 11) is -3.79. The Morgan fingerprint density at radius 1 is 1.26 bits per heavy atom. The SMILES string of the molecule is C[C@H](NC(=O)C1CCCCN1S(=O)(=O)c1ccccc1)C(=O)O. The summed E-state index contributed by atoms with van der Waals surface area (Å²) in [5, 5.41) is 11.2. The van der Waals surface area contributed by atoms with Gasteiger partial charge in [-0.05, 0) is 31.9 Å². The summed E-state index contributed by atoms with van der Waals surface area (Å²) >= 11 is 0. The van der Waals surface area contributed by atoms with Gasteiger partial charge in [-0.1, -0.05) is 24.6 Å². The Morgan fingerprint density at radius 2 is 1.91 bits per heavy atom. The monoisotopic (exact) mass is 340 g/mol. The van der Waals surface area contributed by atoms with Crippen molar-refractivity contribution >= 4 is 21.9 Å². The van der Waals surface area contributed by atoms with Gasteiger partial charge in [-0.2, -0.15) is 4.31 Å². The van der Waals surface area contributed by atoms with Crippen molar-refractivity contribution in [3.8, 4) is 0 Å². The van der Waals surface area contributed by atoms with Crippen LogP contribution in [0.15, 0.2) is 35.2 Å². The summed E-state index contributed by atoms with van der Waals surface area (Å²) < 4.78 is 26.7. The van der Waals surface area contributed by atoms with Gasteiger partial charge in [0.05, 0.1) is 4.90 Å². The predicted molar refractivity (Wildman–Crippen MR) is 83.2 cm³/mol. The van der Waals surface area contributed by atoms with Crippen LogP contribution < -0.4 is 5.32 Å². The molecule has 1 unspecified atom stereocenters. The predicted octanol–water partition coefficient (Wildman–Crippen LogP) is 0.819. The van der Waals surface area contributed by atoms with Gasteiger partial charge in [0.25, 0.3) is 0 Å². The van der Waals surface area contributed by atoms with Crippen LogP contribution in [0.3, 0.4) is 0 Å². The molecular weight excluding hydrogens is 320 g/mol. The van der Waals surface area contributed by atoms with Crippen LogP contribution in [-0.4, -0.2) is 48.3 Å². The second-order valence-electron chi connectivity index (χ2n) is 5.51. The van der Waals surface area contributed by atoms with Crippen LogP contribution in [0.2, 0.25) is 0 Å². The molecule has 2 rings (SSSR count). The number of piperidine rings is 1. The van der Waals surface area contributed by atoms with Gasteiger partial charge < -0.3 is 10.4 Å². The topological polar surface area (TPSA) is 104 Å². The second kappa shape index (κ2) is 7.10. The lowest BCUT2D eigenvalue weighted by Crippen LogP contribution is -2.54. The summed E-state index contributed by atoms with van der Waals surface area (Å²) in [5.74, 6) is -1.73. The number of rotatable bonds is 5. The van der Waals surface area contributed by atoms with Crippen LogP contribution in [0, 0.1) is 0 Å². The molecule has 2 N–H and O–H groups in total. The van der Waals surface area contributed by atoms with Crippen molar-refractivity contribution in [2.75, 3.05) is 6.54 Å². The zero-order valence-corrected chi connectivity index (χ0v) is 13.6. The number of carbonyl (C=O) groups excluding carboxylic acids is 1. The zero-order valence-electron chi connectivity index (χ0n) is 12.8. The van der Waals surface area contributed by atoms with Crippen LogP contribution in [-0.2, 0) is 19.6 Å². The lowest BCUT2D eigenvalue weighted by Gasteiger charge is -2.34. The fraction of sp³-hybridized carbons (Fsp3) is 0.467. The van der Waals surface area contributed by atoms with E-state index in [4.69, 9.17) is 5.11 Å². The first-order valence-corrected chi connectivity index (χ1v) is 8.88. The molecule has 1 aromatic carbocycles. The first-order valence-electron chi connectivity index (χ1n) is 7.44. The number of nitrogens with one attached hydrogen (secondary N) is 1. The van der Waals surface area contributed by atoms with Gasteiger partial charge in [0.2, 0.25) is 15.9 Å². The Hall–Kier alpha value is -1.93. The van der Waals surface area contributed by atoms with Gasteiger partial charge in [-0.3, -0.25) is 9.59 Å². The minimum Gasteiger partial charge on any atom is -0.480 e. The van der Waals surface area contributed by atoms with E-state index in [1.165, 1.54) is 23.4 Å². The highest BCUT2D eigenvalue weighted by atomic mass is 32.2. The molecule has 1 amide bonds. The van der Waals surface area contributed by atoms with E-state index in [0.717, 1.165) is 6.42 Å². The van der Waals surface area contributed by atoms with Crippen molar-refractivity contribution in [1.82, 2.24) is 9.62 Å². The van der Waals surface area contributed by atoms with E-state index in [9.17, 15) is 18.0 Å². The van der Waals surface area contributed by atoms with E-state index >= 15 is 0 Å².